The molecule has 0 saturated heterocycles. The molecule has 4 rings (SSSR count). The number of hydrogen-bond acceptors (Lipinski definition) is 0. The van der Waals surface area contributed by atoms with E-state index in [1.54, 1.807) is 0 Å². The van der Waals surface area contributed by atoms with E-state index in [2.05, 4.69) is 110 Å². The lowest BCUT2D eigenvalue weighted by molar-refractivity contribution is 1.45. The Morgan fingerprint density at radius 2 is 0.920 bits per heavy atom. The Labute approximate surface area is 149 Å². The first-order valence-electron chi connectivity index (χ1n) is 8.64. The molecule has 0 heteroatoms. The molecule has 0 aliphatic heterocycles. The predicted octanol–water partition coefficient (Wildman–Crippen LogP) is 7.00. The summed E-state index contributed by atoms with van der Waals surface area (Å²) in [6.45, 7) is 2.19. The minimum absolute atomic E-state index is 1.25. The van der Waals surface area contributed by atoms with E-state index in [0.717, 1.165) is 0 Å². The first-order chi connectivity index (χ1) is 12.3. The maximum atomic E-state index is 2.23. The van der Waals surface area contributed by atoms with Gasteiger partial charge in [-0.1, -0.05) is 103 Å². The van der Waals surface area contributed by atoms with Crippen molar-refractivity contribution in [2.75, 3.05) is 0 Å². The molecule has 0 aliphatic rings. The monoisotopic (exact) mass is 320 g/mol. The van der Waals surface area contributed by atoms with Gasteiger partial charge in [0, 0.05) is 0 Å². The minimum atomic E-state index is 1.25. The van der Waals surface area contributed by atoms with Crippen molar-refractivity contribution in [1.29, 1.82) is 0 Å². The summed E-state index contributed by atoms with van der Waals surface area (Å²) in [5.74, 6) is 0. The fourth-order valence-corrected chi connectivity index (χ4v) is 3.37. The second kappa shape index (κ2) is 6.78. The van der Waals surface area contributed by atoms with Crippen LogP contribution in [0.2, 0.25) is 0 Å². The van der Waals surface area contributed by atoms with Gasteiger partial charge in [0.1, 0.15) is 0 Å². The molecule has 0 N–H and O–H groups in total. The fraction of sp³-hybridized carbons (Fsp3) is 0.0400. The topological polar surface area (TPSA) is 0 Å². The van der Waals surface area contributed by atoms with Crippen LogP contribution in [0, 0.1) is 6.92 Å². The Morgan fingerprint density at radius 1 is 0.400 bits per heavy atom. The van der Waals surface area contributed by atoms with Crippen LogP contribution in [0.5, 0.6) is 0 Å². The third-order valence-electron chi connectivity index (χ3n) is 4.64. The largest absolute Gasteiger partial charge is 0.0622 e. The molecule has 0 nitrogen and oxygen atoms in total. The molecule has 0 fully saturated rings. The maximum Gasteiger partial charge on any atom is -0.00761 e. The lowest BCUT2D eigenvalue weighted by Crippen LogP contribution is -1.89. The van der Waals surface area contributed by atoms with Crippen LogP contribution in [0.1, 0.15) is 5.56 Å². The third kappa shape index (κ3) is 3.12. The fourth-order valence-electron chi connectivity index (χ4n) is 3.37. The molecule has 0 spiro atoms. The molecule has 0 amide bonds. The van der Waals surface area contributed by atoms with E-state index in [1.165, 1.54) is 38.9 Å². The van der Waals surface area contributed by atoms with Crippen molar-refractivity contribution in [1.82, 2.24) is 0 Å². The summed E-state index contributed by atoms with van der Waals surface area (Å²) in [7, 11) is 0. The number of hydrogen-bond donors (Lipinski definition) is 0. The van der Waals surface area contributed by atoms with Crippen molar-refractivity contribution < 1.29 is 0 Å². The van der Waals surface area contributed by atoms with Gasteiger partial charge in [-0.15, -0.1) is 0 Å². The molecule has 0 saturated carbocycles. The molecule has 0 atom stereocenters. The SMILES string of the molecule is Cc1cccc(-c2ccccc2)c1-c1ccc(-c2ccccc2)cc1. The molecule has 0 aliphatic carbocycles. The Hall–Kier alpha value is -3.12. The summed E-state index contributed by atoms with van der Waals surface area (Å²) < 4.78 is 0. The first kappa shape index (κ1) is 15.4. The van der Waals surface area contributed by atoms with Gasteiger partial charge in [0.15, 0.2) is 0 Å². The lowest BCUT2D eigenvalue weighted by Gasteiger charge is -2.14. The number of aryl methyl sites for hydroxylation is 1. The van der Waals surface area contributed by atoms with E-state index in [-0.39, 0.29) is 0 Å². The van der Waals surface area contributed by atoms with Gasteiger partial charge in [0.05, 0.1) is 0 Å². The van der Waals surface area contributed by atoms with Gasteiger partial charge in [-0.25, -0.2) is 0 Å². The summed E-state index contributed by atoms with van der Waals surface area (Å²) >= 11 is 0. The van der Waals surface area contributed by atoms with Crippen LogP contribution < -0.4 is 0 Å². The number of rotatable bonds is 3. The quantitative estimate of drug-likeness (QED) is 0.381. The lowest BCUT2D eigenvalue weighted by atomic mass is 9.90. The molecule has 0 aromatic heterocycles. The van der Waals surface area contributed by atoms with Crippen molar-refractivity contribution in [3.63, 3.8) is 0 Å². The average Bonchev–Trinajstić information content (AvgIpc) is 2.69. The summed E-state index contributed by atoms with van der Waals surface area (Å²) in [5.41, 5.74) is 8.92. The second-order valence-corrected chi connectivity index (χ2v) is 6.31. The van der Waals surface area contributed by atoms with E-state index < -0.39 is 0 Å². The standard InChI is InChI=1S/C25H20/c1-19-9-8-14-24(22-12-6-3-7-13-22)25(19)23-17-15-21(16-18-23)20-10-4-2-5-11-20/h2-18H,1H3. The Kier molecular flexibility index (Phi) is 4.18. The molecule has 0 unspecified atom stereocenters. The zero-order valence-electron chi connectivity index (χ0n) is 14.3. The van der Waals surface area contributed by atoms with Gasteiger partial charge in [0.2, 0.25) is 0 Å². The highest BCUT2D eigenvalue weighted by Crippen LogP contribution is 2.35. The Morgan fingerprint density at radius 3 is 1.56 bits per heavy atom. The molecule has 120 valence electrons. The van der Waals surface area contributed by atoms with Gasteiger partial charge in [-0.2, -0.15) is 0 Å². The average molecular weight is 320 g/mol. The first-order valence-corrected chi connectivity index (χ1v) is 8.64. The maximum absolute atomic E-state index is 2.23. The van der Waals surface area contributed by atoms with Crippen molar-refractivity contribution in [3.8, 4) is 33.4 Å². The molecule has 0 bridgehead atoms. The molecule has 25 heavy (non-hydrogen) atoms. The third-order valence-corrected chi connectivity index (χ3v) is 4.64. The van der Waals surface area contributed by atoms with E-state index >= 15 is 0 Å². The number of benzene rings is 4. The zero-order valence-corrected chi connectivity index (χ0v) is 14.3. The van der Waals surface area contributed by atoms with Crippen LogP contribution in [0.3, 0.4) is 0 Å². The molecular weight excluding hydrogens is 300 g/mol. The van der Waals surface area contributed by atoms with E-state index in [4.69, 9.17) is 0 Å². The highest BCUT2D eigenvalue weighted by Gasteiger charge is 2.10. The van der Waals surface area contributed by atoms with Crippen molar-refractivity contribution in [2.24, 2.45) is 0 Å². The van der Waals surface area contributed by atoms with Crippen molar-refractivity contribution in [2.45, 2.75) is 6.92 Å². The highest BCUT2D eigenvalue weighted by atomic mass is 14.1. The Bertz CT molecular complexity index is 965. The molecule has 4 aromatic carbocycles. The van der Waals surface area contributed by atoms with Gasteiger partial charge < -0.3 is 0 Å². The second-order valence-electron chi connectivity index (χ2n) is 6.31. The molecule has 0 radical (unpaired) electrons. The van der Waals surface area contributed by atoms with Crippen molar-refractivity contribution in [3.05, 3.63) is 109 Å². The van der Waals surface area contributed by atoms with Gasteiger partial charge in [0.25, 0.3) is 0 Å². The van der Waals surface area contributed by atoms with Gasteiger partial charge in [-0.05, 0) is 45.9 Å². The molecular formula is C25H20. The van der Waals surface area contributed by atoms with Crippen molar-refractivity contribution >= 4 is 0 Å². The van der Waals surface area contributed by atoms with Crippen LogP contribution in [0.15, 0.2) is 103 Å². The van der Waals surface area contributed by atoms with E-state index in [1.807, 2.05) is 0 Å². The summed E-state index contributed by atoms with van der Waals surface area (Å²) in [6, 6.07) is 36.6. The predicted molar refractivity (Wildman–Crippen MR) is 107 cm³/mol. The van der Waals surface area contributed by atoms with Crippen LogP contribution in [0.25, 0.3) is 33.4 Å². The smallest absolute Gasteiger partial charge is 0.00761 e. The summed E-state index contributed by atoms with van der Waals surface area (Å²) in [4.78, 5) is 0. The van der Waals surface area contributed by atoms with E-state index in [0.29, 0.717) is 0 Å². The Balaban J connectivity index is 1.80. The molecule has 4 aromatic rings. The van der Waals surface area contributed by atoms with E-state index in [9.17, 15) is 0 Å². The molecule has 0 heterocycles. The minimum Gasteiger partial charge on any atom is -0.0622 e. The summed E-state index contributed by atoms with van der Waals surface area (Å²) in [5, 5.41) is 0. The van der Waals surface area contributed by atoms with Gasteiger partial charge in [-0.3, -0.25) is 0 Å². The normalized spacial score (nSPS) is 10.6. The van der Waals surface area contributed by atoms with Crippen LogP contribution in [-0.2, 0) is 0 Å². The van der Waals surface area contributed by atoms with Crippen LogP contribution >= 0.6 is 0 Å². The summed E-state index contributed by atoms with van der Waals surface area (Å²) in [6.07, 6.45) is 0. The van der Waals surface area contributed by atoms with Crippen LogP contribution in [-0.4, -0.2) is 0 Å². The highest BCUT2D eigenvalue weighted by molar-refractivity contribution is 5.86. The van der Waals surface area contributed by atoms with Gasteiger partial charge >= 0.3 is 0 Å². The zero-order chi connectivity index (χ0) is 17.1. The van der Waals surface area contributed by atoms with Crippen LogP contribution in [0.4, 0.5) is 0 Å².